The van der Waals surface area contributed by atoms with E-state index in [0.717, 1.165) is 0 Å². The molecule has 5 nitrogen and oxygen atoms in total. The van der Waals surface area contributed by atoms with Gasteiger partial charge < -0.3 is 9.47 Å². The lowest BCUT2D eigenvalue weighted by Gasteiger charge is -2.39. The number of esters is 1. The van der Waals surface area contributed by atoms with Gasteiger partial charge in [-0.1, -0.05) is 39.0 Å². The van der Waals surface area contributed by atoms with E-state index in [1.165, 1.54) is 0 Å². The molecule has 0 aliphatic rings. The quantitative estimate of drug-likeness (QED) is 0.743. The normalized spacial score (nSPS) is 12.4. The van der Waals surface area contributed by atoms with Crippen LogP contribution in [0.2, 0.25) is 0 Å². The summed E-state index contributed by atoms with van der Waals surface area (Å²) in [4.78, 5) is 26.1. The Morgan fingerprint density at radius 1 is 1.04 bits per heavy atom. The summed E-state index contributed by atoms with van der Waals surface area (Å²) < 4.78 is 10.3. The van der Waals surface area contributed by atoms with Crippen LogP contribution in [0.15, 0.2) is 30.3 Å². The molecule has 0 bridgehead atoms. The van der Waals surface area contributed by atoms with E-state index in [4.69, 9.17) is 9.47 Å². The van der Waals surface area contributed by atoms with Crippen molar-refractivity contribution in [3.05, 3.63) is 30.3 Å². The third-order valence-corrected chi connectivity index (χ3v) is 3.48. The van der Waals surface area contributed by atoms with Crippen molar-refractivity contribution >= 4 is 17.7 Å². The molecule has 0 fully saturated rings. The molecule has 128 valence electrons. The van der Waals surface area contributed by atoms with Crippen molar-refractivity contribution in [3.63, 3.8) is 0 Å². The fourth-order valence-electron chi connectivity index (χ4n) is 2.36. The SMILES string of the molecule is CCOC(=O)CC(N(C(=O)OCC)c1ccccc1)C(C)(C)C. The van der Waals surface area contributed by atoms with Crippen molar-refractivity contribution in [1.29, 1.82) is 0 Å². The summed E-state index contributed by atoms with van der Waals surface area (Å²) in [6.07, 6.45) is -0.340. The molecule has 0 heterocycles. The second-order valence-corrected chi connectivity index (χ2v) is 6.30. The number of hydrogen-bond acceptors (Lipinski definition) is 4. The van der Waals surface area contributed by atoms with Gasteiger partial charge in [0, 0.05) is 5.69 Å². The summed E-state index contributed by atoms with van der Waals surface area (Å²) in [5.74, 6) is -0.322. The highest BCUT2D eigenvalue weighted by Gasteiger charge is 2.37. The van der Waals surface area contributed by atoms with Crippen LogP contribution in [0.1, 0.15) is 41.0 Å². The number of carbonyl (C=O) groups excluding carboxylic acids is 2. The summed E-state index contributed by atoms with van der Waals surface area (Å²) in [6.45, 7) is 10.1. The number of nitrogens with zero attached hydrogens (tertiary/aromatic N) is 1. The summed E-state index contributed by atoms with van der Waals surface area (Å²) in [7, 11) is 0. The molecule has 1 rings (SSSR count). The molecule has 0 saturated heterocycles. The maximum absolute atomic E-state index is 12.5. The Hall–Kier alpha value is -2.04. The van der Waals surface area contributed by atoms with E-state index in [9.17, 15) is 9.59 Å². The molecular weight excluding hydrogens is 294 g/mol. The molecule has 0 N–H and O–H groups in total. The van der Waals surface area contributed by atoms with Crippen LogP contribution >= 0.6 is 0 Å². The Labute approximate surface area is 138 Å². The molecule has 1 aromatic carbocycles. The van der Waals surface area contributed by atoms with Gasteiger partial charge in [0.2, 0.25) is 0 Å². The maximum Gasteiger partial charge on any atom is 0.414 e. The minimum Gasteiger partial charge on any atom is -0.466 e. The van der Waals surface area contributed by atoms with E-state index in [2.05, 4.69) is 0 Å². The molecule has 0 aliphatic heterocycles. The van der Waals surface area contributed by atoms with Gasteiger partial charge in [-0.25, -0.2) is 4.79 Å². The third-order valence-electron chi connectivity index (χ3n) is 3.48. The first-order valence-electron chi connectivity index (χ1n) is 7.97. The number of ether oxygens (including phenoxy) is 2. The van der Waals surface area contributed by atoms with E-state index in [0.29, 0.717) is 12.3 Å². The van der Waals surface area contributed by atoms with Gasteiger partial charge in [-0.3, -0.25) is 9.69 Å². The molecule has 0 saturated carbocycles. The van der Waals surface area contributed by atoms with Gasteiger partial charge in [-0.15, -0.1) is 0 Å². The third kappa shape index (κ3) is 5.58. The average molecular weight is 321 g/mol. The zero-order valence-electron chi connectivity index (χ0n) is 14.7. The molecule has 0 aromatic heterocycles. The Bertz CT molecular complexity index is 508. The van der Waals surface area contributed by atoms with Crippen molar-refractivity contribution in [2.75, 3.05) is 18.1 Å². The Balaban J connectivity index is 3.21. The number of carbonyl (C=O) groups is 2. The highest BCUT2D eigenvalue weighted by atomic mass is 16.6. The van der Waals surface area contributed by atoms with Crippen molar-refractivity contribution in [1.82, 2.24) is 0 Å². The van der Waals surface area contributed by atoms with Crippen LogP contribution in [-0.4, -0.2) is 31.3 Å². The molecule has 5 heteroatoms. The van der Waals surface area contributed by atoms with E-state index in [-0.39, 0.29) is 30.5 Å². The van der Waals surface area contributed by atoms with Crippen LogP contribution in [0.5, 0.6) is 0 Å². The lowest BCUT2D eigenvalue weighted by Crippen LogP contribution is -2.49. The molecule has 1 atom stereocenters. The second-order valence-electron chi connectivity index (χ2n) is 6.30. The van der Waals surface area contributed by atoms with Crippen molar-refractivity contribution < 1.29 is 19.1 Å². The van der Waals surface area contributed by atoms with Crippen LogP contribution in [0, 0.1) is 5.41 Å². The number of anilines is 1. The highest BCUT2D eigenvalue weighted by molar-refractivity contribution is 5.89. The van der Waals surface area contributed by atoms with Gasteiger partial charge in [-0.2, -0.15) is 0 Å². The van der Waals surface area contributed by atoms with Gasteiger partial charge in [0.15, 0.2) is 0 Å². The summed E-state index contributed by atoms with van der Waals surface area (Å²) in [6, 6.07) is 8.88. The van der Waals surface area contributed by atoms with E-state index in [1.54, 1.807) is 18.7 Å². The zero-order valence-corrected chi connectivity index (χ0v) is 14.7. The van der Waals surface area contributed by atoms with E-state index in [1.807, 2.05) is 51.1 Å². The average Bonchev–Trinajstić information content (AvgIpc) is 2.47. The topological polar surface area (TPSA) is 55.8 Å². The van der Waals surface area contributed by atoms with Crippen LogP contribution in [0.3, 0.4) is 0 Å². The maximum atomic E-state index is 12.5. The summed E-state index contributed by atoms with van der Waals surface area (Å²) >= 11 is 0. The van der Waals surface area contributed by atoms with E-state index < -0.39 is 6.09 Å². The first-order chi connectivity index (χ1) is 10.8. The molecule has 0 spiro atoms. The fourth-order valence-corrected chi connectivity index (χ4v) is 2.36. The van der Waals surface area contributed by atoms with Crippen LogP contribution in [-0.2, 0) is 14.3 Å². The summed E-state index contributed by atoms with van der Waals surface area (Å²) in [5.41, 5.74) is 0.380. The molecule has 1 amide bonds. The fraction of sp³-hybridized carbons (Fsp3) is 0.556. The monoisotopic (exact) mass is 321 g/mol. The lowest BCUT2D eigenvalue weighted by atomic mass is 9.83. The van der Waals surface area contributed by atoms with Gasteiger partial charge in [0.05, 0.1) is 25.7 Å². The molecule has 0 aliphatic carbocycles. The van der Waals surface area contributed by atoms with Crippen LogP contribution < -0.4 is 4.90 Å². The van der Waals surface area contributed by atoms with Crippen LogP contribution in [0.25, 0.3) is 0 Å². The molecule has 1 aromatic rings. The first-order valence-corrected chi connectivity index (χ1v) is 7.97. The van der Waals surface area contributed by atoms with Gasteiger partial charge in [-0.05, 0) is 31.4 Å². The number of rotatable bonds is 6. The minimum absolute atomic E-state index is 0.116. The number of hydrogen-bond donors (Lipinski definition) is 0. The molecular formula is C18H27NO4. The zero-order chi connectivity index (χ0) is 17.5. The molecule has 1 unspecified atom stereocenters. The minimum atomic E-state index is -0.456. The number of benzene rings is 1. The predicted octanol–water partition coefficient (Wildman–Crippen LogP) is 4.02. The smallest absolute Gasteiger partial charge is 0.414 e. The standard InChI is InChI=1S/C18H27NO4/c1-6-22-16(20)13-15(18(3,4)5)19(17(21)23-7-2)14-11-9-8-10-12-14/h8-12,15H,6-7,13H2,1-5H3. The van der Waals surface area contributed by atoms with Gasteiger partial charge >= 0.3 is 12.1 Å². The lowest BCUT2D eigenvalue weighted by molar-refractivity contribution is -0.144. The Morgan fingerprint density at radius 3 is 2.09 bits per heavy atom. The molecule has 23 heavy (non-hydrogen) atoms. The molecule has 0 radical (unpaired) electrons. The highest BCUT2D eigenvalue weighted by Crippen LogP contribution is 2.32. The summed E-state index contributed by atoms with van der Waals surface area (Å²) in [5, 5.41) is 0. The van der Waals surface area contributed by atoms with Gasteiger partial charge in [0.1, 0.15) is 0 Å². The predicted molar refractivity (Wildman–Crippen MR) is 90.4 cm³/mol. The first kappa shape index (κ1) is 19.0. The van der Waals surface area contributed by atoms with Crippen LogP contribution in [0.4, 0.5) is 10.5 Å². The van der Waals surface area contributed by atoms with Crippen molar-refractivity contribution in [3.8, 4) is 0 Å². The second kappa shape index (κ2) is 8.56. The number of amides is 1. The van der Waals surface area contributed by atoms with Gasteiger partial charge in [0.25, 0.3) is 0 Å². The Morgan fingerprint density at radius 2 is 1.61 bits per heavy atom. The van der Waals surface area contributed by atoms with Crippen molar-refractivity contribution in [2.24, 2.45) is 5.41 Å². The van der Waals surface area contributed by atoms with E-state index >= 15 is 0 Å². The Kier molecular flexibility index (Phi) is 7.07. The largest absolute Gasteiger partial charge is 0.466 e. The van der Waals surface area contributed by atoms with Crippen molar-refractivity contribution in [2.45, 2.75) is 47.1 Å². The number of para-hydroxylation sites is 1.